The summed E-state index contributed by atoms with van der Waals surface area (Å²) >= 11 is 0. The first-order valence-electron chi connectivity index (χ1n) is 6.71. The van der Waals surface area contributed by atoms with E-state index in [9.17, 15) is 4.79 Å². The van der Waals surface area contributed by atoms with Crippen LogP contribution >= 0.6 is 0 Å². The molecule has 0 saturated carbocycles. The van der Waals surface area contributed by atoms with Gasteiger partial charge in [-0.15, -0.1) is 5.10 Å². The number of amides is 1. The molecule has 1 amide bonds. The number of aromatic nitrogens is 3. The molecule has 0 bridgehead atoms. The molecular weight excluding hydrogens is 254 g/mol. The highest BCUT2D eigenvalue weighted by Gasteiger charge is 2.12. The van der Waals surface area contributed by atoms with E-state index in [4.69, 9.17) is 5.73 Å². The lowest BCUT2D eigenvalue weighted by Gasteiger charge is -2.07. The second kappa shape index (κ2) is 6.81. The Morgan fingerprint density at radius 1 is 1.35 bits per heavy atom. The summed E-state index contributed by atoms with van der Waals surface area (Å²) in [5, 5.41) is 9.49. The van der Waals surface area contributed by atoms with Gasteiger partial charge >= 0.3 is 0 Å². The van der Waals surface area contributed by atoms with Crippen LogP contribution in [0.3, 0.4) is 0 Å². The number of aromatic amines is 1. The predicted octanol–water partition coefficient (Wildman–Crippen LogP) is 1.15. The molecular formula is C14H19N5O. The molecule has 2 rings (SSSR count). The zero-order valence-corrected chi connectivity index (χ0v) is 11.5. The number of rotatable bonds is 6. The SMILES string of the molecule is CCCc1nc(C(=O)NCc2ccccc2CN)n[nH]1. The lowest BCUT2D eigenvalue weighted by atomic mass is 10.1. The molecule has 2 aromatic rings. The summed E-state index contributed by atoms with van der Waals surface area (Å²) in [5.41, 5.74) is 7.69. The highest BCUT2D eigenvalue weighted by molar-refractivity contribution is 5.90. The standard InChI is InChI=1S/C14H19N5O/c1-2-5-12-17-13(19-18-12)14(20)16-9-11-7-4-3-6-10(11)8-15/h3-4,6-7H,2,5,8-9,15H2,1H3,(H,16,20)(H,17,18,19). The number of hydrogen-bond donors (Lipinski definition) is 3. The van der Waals surface area contributed by atoms with E-state index in [1.807, 2.05) is 31.2 Å². The lowest BCUT2D eigenvalue weighted by Crippen LogP contribution is -2.24. The molecule has 0 aliphatic rings. The second-order valence-corrected chi connectivity index (χ2v) is 4.51. The zero-order chi connectivity index (χ0) is 14.4. The van der Waals surface area contributed by atoms with E-state index in [1.54, 1.807) is 0 Å². The van der Waals surface area contributed by atoms with Gasteiger partial charge in [-0.2, -0.15) is 0 Å². The summed E-state index contributed by atoms with van der Waals surface area (Å²) in [7, 11) is 0. The first kappa shape index (κ1) is 14.2. The van der Waals surface area contributed by atoms with Crippen molar-refractivity contribution in [3.05, 3.63) is 47.0 Å². The van der Waals surface area contributed by atoms with E-state index in [0.717, 1.165) is 29.8 Å². The second-order valence-electron chi connectivity index (χ2n) is 4.51. The molecule has 4 N–H and O–H groups in total. The van der Waals surface area contributed by atoms with Crippen LogP contribution in [0.2, 0.25) is 0 Å². The Kier molecular flexibility index (Phi) is 4.84. The molecule has 0 fully saturated rings. The highest BCUT2D eigenvalue weighted by atomic mass is 16.2. The molecule has 0 saturated heterocycles. The topological polar surface area (TPSA) is 96.7 Å². The Hall–Kier alpha value is -2.21. The van der Waals surface area contributed by atoms with Crippen LogP contribution in [0.15, 0.2) is 24.3 Å². The summed E-state index contributed by atoms with van der Waals surface area (Å²) in [5.74, 6) is 0.633. The number of carbonyl (C=O) groups is 1. The quantitative estimate of drug-likeness (QED) is 0.735. The van der Waals surface area contributed by atoms with Crippen molar-refractivity contribution in [2.45, 2.75) is 32.9 Å². The zero-order valence-electron chi connectivity index (χ0n) is 11.5. The van der Waals surface area contributed by atoms with Crippen LogP contribution in [-0.2, 0) is 19.5 Å². The molecule has 1 aromatic carbocycles. The molecule has 1 heterocycles. The summed E-state index contributed by atoms with van der Waals surface area (Å²) < 4.78 is 0. The average Bonchev–Trinajstić information content (AvgIpc) is 2.94. The molecule has 0 spiro atoms. The monoisotopic (exact) mass is 273 g/mol. The van der Waals surface area contributed by atoms with Crippen molar-refractivity contribution in [1.29, 1.82) is 0 Å². The van der Waals surface area contributed by atoms with Crippen LogP contribution in [-0.4, -0.2) is 21.1 Å². The van der Waals surface area contributed by atoms with E-state index in [-0.39, 0.29) is 11.7 Å². The molecule has 0 aliphatic heterocycles. The molecule has 0 atom stereocenters. The summed E-state index contributed by atoms with van der Waals surface area (Å²) in [6, 6.07) is 7.75. The van der Waals surface area contributed by atoms with Gasteiger partial charge in [-0.25, -0.2) is 4.98 Å². The molecule has 0 unspecified atom stereocenters. The third-order valence-electron chi connectivity index (χ3n) is 3.00. The van der Waals surface area contributed by atoms with Crippen molar-refractivity contribution >= 4 is 5.91 Å². The predicted molar refractivity (Wildman–Crippen MR) is 75.9 cm³/mol. The first-order chi connectivity index (χ1) is 9.74. The Labute approximate surface area is 117 Å². The van der Waals surface area contributed by atoms with Gasteiger partial charge in [0.05, 0.1) is 0 Å². The number of nitrogens with two attached hydrogens (primary N) is 1. The third kappa shape index (κ3) is 3.42. The fourth-order valence-corrected chi connectivity index (χ4v) is 1.93. The van der Waals surface area contributed by atoms with Crippen molar-refractivity contribution in [2.24, 2.45) is 5.73 Å². The first-order valence-corrected chi connectivity index (χ1v) is 6.71. The van der Waals surface area contributed by atoms with Crippen LogP contribution in [0.5, 0.6) is 0 Å². The van der Waals surface area contributed by atoms with Gasteiger partial charge in [-0.05, 0) is 17.5 Å². The number of H-pyrrole nitrogens is 1. The Morgan fingerprint density at radius 3 is 2.80 bits per heavy atom. The van der Waals surface area contributed by atoms with Gasteiger partial charge in [0, 0.05) is 19.5 Å². The fraction of sp³-hybridized carbons (Fsp3) is 0.357. The van der Waals surface area contributed by atoms with Crippen LogP contribution in [0.4, 0.5) is 0 Å². The van der Waals surface area contributed by atoms with Crippen LogP contribution in [0.1, 0.15) is 40.9 Å². The maximum Gasteiger partial charge on any atom is 0.291 e. The van der Waals surface area contributed by atoms with Crippen molar-refractivity contribution in [3.63, 3.8) is 0 Å². The van der Waals surface area contributed by atoms with Crippen LogP contribution in [0.25, 0.3) is 0 Å². The van der Waals surface area contributed by atoms with Gasteiger partial charge in [0.1, 0.15) is 5.82 Å². The molecule has 0 radical (unpaired) electrons. The minimum atomic E-state index is -0.282. The van der Waals surface area contributed by atoms with E-state index in [1.165, 1.54) is 0 Å². The van der Waals surface area contributed by atoms with Crippen LogP contribution < -0.4 is 11.1 Å². The van der Waals surface area contributed by atoms with E-state index in [2.05, 4.69) is 20.5 Å². The van der Waals surface area contributed by atoms with E-state index >= 15 is 0 Å². The minimum absolute atomic E-state index is 0.179. The lowest BCUT2D eigenvalue weighted by molar-refractivity contribution is 0.0940. The van der Waals surface area contributed by atoms with Gasteiger partial charge in [-0.1, -0.05) is 31.2 Å². The van der Waals surface area contributed by atoms with Gasteiger partial charge in [0.25, 0.3) is 5.91 Å². The summed E-state index contributed by atoms with van der Waals surface area (Å²) in [6.45, 7) is 2.92. The number of benzene rings is 1. The molecule has 106 valence electrons. The van der Waals surface area contributed by atoms with Gasteiger partial charge in [0.2, 0.25) is 5.82 Å². The smallest absolute Gasteiger partial charge is 0.291 e. The normalized spacial score (nSPS) is 10.5. The van der Waals surface area contributed by atoms with Crippen molar-refractivity contribution in [3.8, 4) is 0 Å². The number of hydrogen-bond acceptors (Lipinski definition) is 4. The van der Waals surface area contributed by atoms with Gasteiger partial charge in [-0.3, -0.25) is 9.89 Å². The Bertz CT molecular complexity index is 578. The molecule has 1 aromatic heterocycles. The number of nitrogens with zero attached hydrogens (tertiary/aromatic N) is 2. The van der Waals surface area contributed by atoms with E-state index in [0.29, 0.717) is 13.1 Å². The largest absolute Gasteiger partial charge is 0.345 e. The molecule has 6 heteroatoms. The van der Waals surface area contributed by atoms with Gasteiger partial charge < -0.3 is 11.1 Å². The summed E-state index contributed by atoms with van der Waals surface area (Å²) in [6.07, 6.45) is 1.75. The molecule has 20 heavy (non-hydrogen) atoms. The van der Waals surface area contributed by atoms with Crippen molar-refractivity contribution < 1.29 is 4.79 Å². The number of aryl methyl sites for hydroxylation is 1. The molecule has 0 aliphatic carbocycles. The number of carbonyl (C=O) groups excluding carboxylic acids is 1. The van der Waals surface area contributed by atoms with Crippen molar-refractivity contribution in [1.82, 2.24) is 20.5 Å². The maximum absolute atomic E-state index is 11.9. The van der Waals surface area contributed by atoms with E-state index < -0.39 is 0 Å². The Balaban J connectivity index is 1.97. The average molecular weight is 273 g/mol. The number of nitrogens with one attached hydrogen (secondary N) is 2. The van der Waals surface area contributed by atoms with Crippen molar-refractivity contribution in [2.75, 3.05) is 0 Å². The third-order valence-corrected chi connectivity index (χ3v) is 3.00. The molecule has 6 nitrogen and oxygen atoms in total. The highest BCUT2D eigenvalue weighted by Crippen LogP contribution is 2.07. The minimum Gasteiger partial charge on any atom is -0.345 e. The van der Waals surface area contributed by atoms with Crippen LogP contribution in [0, 0.1) is 0 Å². The maximum atomic E-state index is 11.9. The summed E-state index contributed by atoms with van der Waals surface area (Å²) in [4.78, 5) is 16.1. The fourth-order valence-electron chi connectivity index (χ4n) is 1.93. The van der Waals surface area contributed by atoms with Gasteiger partial charge in [0.15, 0.2) is 0 Å². The Morgan fingerprint density at radius 2 is 2.10 bits per heavy atom.